The molecule has 0 aliphatic carbocycles. The van der Waals surface area contributed by atoms with Gasteiger partial charge in [-0.3, -0.25) is 0 Å². The number of nitrogens with one attached hydrogen (secondary N) is 1. The van der Waals surface area contributed by atoms with Gasteiger partial charge < -0.3 is 14.8 Å². The molecular formula is C56H40N4. The van der Waals surface area contributed by atoms with Gasteiger partial charge in [-0.05, 0) is 94.0 Å². The quantitative estimate of drug-likeness (QED) is 0.167. The number of nitrogens with zero attached hydrogens (tertiary/aromatic N) is 3. The Bertz CT molecular complexity index is 3050. The molecule has 0 bridgehead atoms. The first-order valence-corrected chi connectivity index (χ1v) is 20.5. The molecule has 9 aromatic carbocycles. The number of hydrogen-bond donors (Lipinski definition) is 1. The molecule has 1 aliphatic rings. The van der Waals surface area contributed by atoms with E-state index in [9.17, 15) is 0 Å². The van der Waals surface area contributed by atoms with E-state index in [1.54, 1.807) is 0 Å². The van der Waals surface area contributed by atoms with Crippen LogP contribution in [-0.2, 0) is 0 Å². The molecule has 0 fully saturated rings. The zero-order valence-electron chi connectivity index (χ0n) is 32.9. The maximum atomic E-state index is 5.31. The zero-order valence-corrected chi connectivity index (χ0v) is 32.9. The van der Waals surface area contributed by atoms with Gasteiger partial charge in [-0.1, -0.05) is 170 Å². The van der Waals surface area contributed by atoms with E-state index in [2.05, 4.69) is 245 Å². The second-order valence-electron chi connectivity index (χ2n) is 15.2. The summed E-state index contributed by atoms with van der Waals surface area (Å²) >= 11 is 0. The molecule has 0 saturated heterocycles. The molecule has 284 valence electrons. The van der Waals surface area contributed by atoms with Crippen LogP contribution in [0.25, 0.3) is 49.7 Å². The topological polar surface area (TPSA) is 32.6 Å². The van der Waals surface area contributed by atoms with Crippen molar-refractivity contribution in [1.29, 1.82) is 0 Å². The number of rotatable bonds is 8. The van der Waals surface area contributed by atoms with E-state index in [4.69, 9.17) is 4.99 Å². The van der Waals surface area contributed by atoms with E-state index >= 15 is 0 Å². The molecule has 11 rings (SSSR count). The number of hydrogen-bond acceptors (Lipinski definition) is 3. The Labute approximate surface area is 350 Å². The molecule has 1 atom stereocenters. The predicted molar refractivity (Wildman–Crippen MR) is 252 cm³/mol. The fourth-order valence-corrected chi connectivity index (χ4v) is 8.78. The van der Waals surface area contributed by atoms with Crippen LogP contribution < -0.4 is 10.2 Å². The number of para-hydroxylation sites is 1. The minimum Gasteiger partial charge on any atom is -0.371 e. The monoisotopic (exact) mass is 768 g/mol. The highest BCUT2D eigenvalue weighted by Gasteiger charge is 2.27. The molecule has 4 heteroatoms. The highest BCUT2D eigenvalue weighted by Crippen LogP contribution is 2.46. The molecule has 4 nitrogen and oxygen atoms in total. The highest BCUT2D eigenvalue weighted by molar-refractivity contribution is 6.17. The first kappa shape index (κ1) is 35.2. The molecule has 0 saturated carbocycles. The molecule has 0 radical (unpaired) electrons. The molecule has 60 heavy (non-hydrogen) atoms. The Hall–Kier alpha value is -7.95. The summed E-state index contributed by atoms with van der Waals surface area (Å²) in [5, 5.41) is 6.29. The lowest BCUT2D eigenvalue weighted by molar-refractivity contribution is 1.01. The number of aromatic nitrogens is 1. The maximum absolute atomic E-state index is 5.31. The highest BCUT2D eigenvalue weighted by atomic mass is 15.1. The van der Waals surface area contributed by atoms with E-state index in [1.165, 1.54) is 38.6 Å². The Morgan fingerprint density at radius 2 is 0.950 bits per heavy atom. The van der Waals surface area contributed by atoms with Crippen molar-refractivity contribution in [2.45, 2.75) is 6.04 Å². The van der Waals surface area contributed by atoms with Crippen LogP contribution in [0.5, 0.6) is 0 Å². The van der Waals surface area contributed by atoms with Crippen LogP contribution in [0.15, 0.2) is 236 Å². The van der Waals surface area contributed by atoms with E-state index in [1.807, 2.05) is 0 Å². The van der Waals surface area contributed by atoms with Crippen LogP contribution in [0, 0.1) is 0 Å². The number of fused-ring (bicyclic) bond motifs is 4. The second-order valence-corrected chi connectivity index (χ2v) is 15.2. The summed E-state index contributed by atoms with van der Waals surface area (Å²) in [7, 11) is 0. The third kappa shape index (κ3) is 6.32. The molecule has 1 aromatic heterocycles. The molecule has 1 aliphatic heterocycles. The smallest absolute Gasteiger partial charge is 0.0947 e. The largest absolute Gasteiger partial charge is 0.371 e. The van der Waals surface area contributed by atoms with Gasteiger partial charge in [0.05, 0.1) is 39.8 Å². The molecular weight excluding hydrogens is 729 g/mol. The van der Waals surface area contributed by atoms with Crippen molar-refractivity contribution in [2.24, 2.45) is 4.99 Å². The Balaban J connectivity index is 1.07. The maximum Gasteiger partial charge on any atom is 0.0947 e. The fraction of sp³-hybridized carbons (Fsp3) is 0.0179. The van der Waals surface area contributed by atoms with Crippen molar-refractivity contribution in [3.8, 4) is 27.9 Å². The van der Waals surface area contributed by atoms with Crippen LogP contribution in [0.2, 0.25) is 0 Å². The first-order chi connectivity index (χ1) is 29.8. The Morgan fingerprint density at radius 1 is 0.433 bits per heavy atom. The summed E-state index contributed by atoms with van der Waals surface area (Å²) < 4.78 is 2.40. The lowest BCUT2D eigenvalue weighted by Gasteiger charge is -2.28. The van der Waals surface area contributed by atoms with Crippen molar-refractivity contribution in [3.05, 3.63) is 242 Å². The zero-order chi connectivity index (χ0) is 39.8. The second kappa shape index (κ2) is 15.1. The normalized spacial score (nSPS) is 13.4. The van der Waals surface area contributed by atoms with Crippen LogP contribution >= 0.6 is 0 Å². The minimum absolute atomic E-state index is 0.101. The third-order valence-corrected chi connectivity index (χ3v) is 11.6. The van der Waals surface area contributed by atoms with E-state index in [0.717, 1.165) is 56.4 Å². The SMILES string of the molecule is c1ccc(C2=Nc3ccc(-n4c5ccccc5c5c(N(c6ccc(-c7ccccc7)cc6)c6ccc(-c7ccccc7)cc6)cccc54)cc3NC2c2ccccc2)cc1. The Morgan fingerprint density at radius 3 is 1.57 bits per heavy atom. The van der Waals surface area contributed by atoms with E-state index < -0.39 is 0 Å². The van der Waals surface area contributed by atoms with Crippen LogP contribution in [0.3, 0.4) is 0 Å². The number of benzene rings is 9. The summed E-state index contributed by atoms with van der Waals surface area (Å²) in [4.78, 5) is 7.72. The summed E-state index contributed by atoms with van der Waals surface area (Å²) in [6.45, 7) is 0. The van der Waals surface area contributed by atoms with Crippen LogP contribution in [-0.4, -0.2) is 10.3 Å². The molecule has 0 amide bonds. The van der Waals surface area contributed by atoms with Crippen molar-refractivity contribution in [2.75, 3.05) is 10.2 Å². The average Bonchev–Trinajstić information content (AvgIpc) is 3.68. The molecule has 1 N–H and O–H groups in total. The number of anilines is 4. The molecule has 2 heterocycles. The van der Waals surface area contributed by atoms with Gasteiger partial charge in [-0.2, -0.15) is 0 Å². The fourth-order valence-electron chi connectivity index (χ4n) is 8.78. The first-order valence-electron chi connectivity index (χ1n) is 20.5. The van der Waals surface area contributed by atoms with Crippen molar-refractivity contribution >= 4 is 56.0 Å². The molecule has 0 spiro atoms. The predicted octanol–water partition coefficient (Wildman–Crippen LogP) is 14.9. The average molecular weight is 769 g/mol. The van der Waals surface area contributed by atoms with Crippen LogP contribution in [0.4, 0.5) is 28.4 Å². The van der Waals surface area contributed by atoms with Gasteiger partial charge in [0.15, 0.2) is 0 Å². The summed E-state index contributed by atoms with van der Waals surface area (Å²) in [5.41, 5.74) is 16.6. The standard InChI is InChI=1S/C56H40N4/c1-5-16-39(17-6-1)41-28-32-45(33-29-41)59(46-34-30-42(31-35-46)40-18-7-2-8-19-40)52-26-15-27-53-54(52)48-24-13-14-25-51(48)60(53)47-36-37-49-50(38-47)58-56(44-22-11-4-12-23-44)55(57-49)43-20-9-3-10-21-43/h1-38,56,58H. The Kier molecular flexibility index (Phi) is 8.86. The summed E-state index contributed by atoms with van der Waals surface area (Å²) in [6, 6.07) is 82.1. The van der Waals surface area contributed by atoms with Crippen molar-refractivity contribution < 1.29 is 0 Å². The van der Waals surface area contributed by atoms with Crippen molar-refractivity contribution in [1.82, 2.24) is 4.57 Å². The van der Waals surface area contributed by atoms with Crippen molar-refractivity contribution in [3.63, 3.8) is 0 Å². The van der Waals surface area contributed by atoms with Gasteiger partial charge in [0.1, 0.15) is 0 Å². The third-order valence-electron chi connectivity index (χ3n) is 11.6. The van der Waals surface area contributed by atoms with Gasteiger partial charge in [0.25, 0.3) is 0 Å². The van der Waals surface area contributed by atoms with E-state index in [0.29, 0.717) is 0 Å². The number of aliphatic imine (C=N–C) groups is 1. The summed E-state index contributed by atoms with van der Waals surface area (Å²) in [6.07, 6.45) is 0. The lowest BCUT2D eigenvalue weighted by atomic mass is 9.94. The molecule has 1 unspecified atom stereocenters. The lowest BCUT2D eigenvalue weighted by Crippen LogP contribution is -2.25. The van der Waals surface area contributed by atoms with Gasteiger partial charge in [-0.15, -0.1) is 0 Å². The van der Waals surface area contributed by atoms with E-state index in [-0.39, 0.29) is 6.04 Å². The van der Waals surface area contributed by atoms with Gasteiger partial charge in [0, 0.05) is 27.8 Å². The van der Waals surface area contributed by atoms with Gasteiger partial charge in [0.2, 0.25) is 0 Å². The summed E-state index contributed by atoms with van der Waals surface area (Å²) in [5.74, 6) is 0. The van der Waals surface area contributed by atoms with Crippen LogP contribution in [0.1, 0.15) is 17.2 Å². The molecule has 10 aromatic rings. The van der Waals surface area contributed by atoms with Gasteiger partial charge in [-0.25, -0.2) is 4.99 Å². The minimum atomic E-state index is -0.101. The van der Waals surface area contributed by atoms with Gasteiger partial charge >= 0.3 is 0 Å².